The second kappa shape index (κ2) is 7.41. The van der Waals surface area contributed by atoms with Gasteiger partial charge in [-0.25, -0.2) is 9.97 Å². The summed E-state index contributed by atoms with van der Waals surface area (Å²) in [4.78, 5) is 8.67. The first-order chi connectivity index (χ1) is 13.1. The van der Waals surface area contributed by atoms with Crippen molar-refractivity contribution < 1.29 is 20.1 Å². The molecule has 3 aromatic rings. The van der Waals surface area contributed by atoms with Crippen LogP contribution in [0.3, 0.4) is 0 Å². The van der Waals surface area contributed by atoms with Gasteiger partial charge in [0.25, 0.3) is 0 Å². The molecule has 142 valence electrons. The zero-order valence-corrected chi connectivity index (χ0v) is 15.0. The predicted molar refractivity (Wildman–Crippen MR) is 99.3 cm³/mol. The van der Waals surface area contributed by atoms with Crippen molar-refractivity contribution in [3.8, 4) is 0 Å². The fraction of sp³-hybridized carbons (Fsp3) is 0.333. The van der Waals surface area contributed by atoms with Crippen molar-refractivity contribution in [3.05, 3.63) is 53.4 Å². The lowest BCUT2D eigenvalue weighted by atomic mass is 10.1. The number of hydrogen-bond donors (Lipinski definition) is 4. The second-order valence-electron chi connectivity index (χ2n) is 6.38. The molecule has 1 saturated heterocycles. The minimum Gasteiger partial charge on any atom is -0.394 e. The van der Waals surface area contributed by atoms with Gasteiger partial charge in [-0.3, -0.25) is 4.57 Å². The van der Waals surface area contributed by atoms with E-state index in [1.54, 1.807) is 6.07 Å². The molecule has 2 aromatic heterocycles. The van der Waals surface area contributed by atoms with Gasteiger partial charge < -0.3 is 25.4 Å². The lowest BCUT2D eigenvalue weighted by Gasteiger charge is -2.17. The van der Waals surface area contributed by atoms with Crippen LogP contribution in [0.1, 0.15) is 11.8 Å². The Balaban J connectivity index is 1.66. The Labute approximate surface area is 160 Å². The number of aromatic nitrogens is 3. The van der Waals surface area contributed by atoms with Crippen molar-refractivity contribution in [2.75, 3.05) is 11.9 Å². The number of nitrogens with one attached hydrogen (secondary N) is 1. The minimum absolute atomic E-state index is 0.256. The van der Waals surface area contributed by atoms with Gasteiger partial charge in [-0.05, 0) is 5.56 Å². The van der Waals surface area contributed by atoms with Crippen molar-refractivity contribution in [3.63, 3.8) is 0 Å². The molecule has 1 aliphatic rings. The summed E-state index contributed by atoms with van der Waals surface area (Å²) in [5, 5.41) is 33.1. The first kappa shape index (κ1) is 18.1. The molecule has 1 aliphatic heterocycles. The van der Waals surface area contributed by atoms with E-state index in [4.69, 9.17) is 16.3 Å². The number of aliphatic hydroxyl groups is 3. The zero-order chi connectivity index (χ0) is 19.0. The number of anilines is 1. The number of rotatable bonds is 5. The van der Waals surface area contributed by atoms with Gasteiger partial charge >= 0.3 is 0 Å². The Morgan fingerprint density at radius 2 is 1.96 bits per heavy atom. The van der Waals surface area contributed by atoms with E-state index in [-0.39, 0.29) is 5.15 Å². The van der Waals surface area contributed by atoms with E-state index in [9.17, 15) is 15.3 Å². The Morgan fingerprint density at radius 1 is 1.19 bits per heavy atom. The minimum atomic E-state index is -1.22. The fourth-order valence-corrected chi connectivity index (χ4v) is 3.39. The van der Waals surface area contributed by atoms with Crippen molar-refractivity contribution >= 4 is 28.5 Å². The molecule has 0 saturated carbocycles. The van der Waals surface area contributed by atoms with E-state index < -0.39 is 31.1 Å². The van der Waals surface area contributed by atoms with Crippen LogP contribution < -0.4 is 5.32 Å². The third-order valence-electron chi connectivity index (χ3n) is 4.62. The highest BCUT2D eigenvalue weighted by Gasteiger charge is 2.44. The van der Waals surface area contributed by atoms with Gasteiger partial charge in [-0.15, -0.1) is 0 Å². The van der Waals surface area contributed by atoms with Crippen LogP contribution in [-0.4, -0.2) is 54.8 Å². The van der Waals surface area contributed by atoms with Gasteiger partial charge in [0.2, 0.25) is 0 Å². The molecule has 0 radical (unpaired) electrons. The lowest BCUT2D eigenvalue weighted by Crippen LogP contribution is -2.33. The van der Waals surface area contributed by atoms with Gasteiger partial charge in [-0.1, -0.05) is 41.9 Å². The molecule has 1 aromatic carbocycles. The molecule has 9 heteroatoms. The topological polar surface area (TPSA) is 113 Å². The second-order valence-corrected chi connectivity index (χ2v) is 6.77. The molecule has 4 N–H and O–H groups in total. The van der Waals surface area contributed by atoms with E-state index in [0.29, 0.717) is 23.4 Å². The Morgan fingerprint density at radius 3 is 2.67 bits per heavy atom. The van der Waals surface area contributed by atoms with Gasteiger partial charge in [0.05, 0.1) is 18.6 Å². The van der Waals surface area contributed by atoms with Crippen LogP contribution in [0.2, 0.25) is 5.15 Å². The summed E-state index contributed by atoms with van der Waals surface area (Å²) >= 11 is 6.18. The average Bonchev–Trinajstić information content (AvgIpc) is 3.22. The lowest BCUT2D eigenvalue weighted by molar-refractivity contribution is -0.0511. The maximum Gasteiger partial charge on any atom is 0.165 e. The molecule has 3 heterocycles. The number of pyridine rings is 1. The Hall–Kier alpha value is -2.23. The Bertz CT molecular complexity index is 936. The first-order valence-electron chi connectivity index (χ1n) is 8.52. The first-order valence-corrected chi connectivity index (χ1v) is 8.89. The smallest absolute Gasteiger partial charge is 0.165 e. The summed E-state index contributed by atoms with van der Waals surface area (Å²) in [6.07, 6.45) is -2.75. The van der Waals surface area contributed by atoms with Gasteiger partial charge in [-0.2, -0.15) is 0 Å². The molecule has 1 fully saturated rings. The van der Waals surface area contributed by atoms with Crippen molar-refractivity contribution in [2.45, 2.75) is 31.1 Å². The highest BCUT2D eigenvalue weighted by Crippen LogP contribution is 2.33. The van der Waals surface area contributed by atoms with Gasteiger partial charge in [0.15, 0.2) is 11.9 Å². The quantitative estimate of drug-likeness (QED) is 0.486. The largest absolute Gasteiger partial charge is 0.394 e. The van der Waals surface area contributed by atoms with Crippen molar-refractivity contribution in [1.82, 2.24) is 14.5 Å². The molecular weight excluding hydrogens is 372 g/mol. The standard InChI is InChI=1S/C18H19ClN4O4/c19-13-6-11(20-7-10-4-2-1-3-5-10)14-17(22-13)23(9-21-14)18-16(26)15(25)12(8-24)27-18/h1-6,9,12,15-16,18,24-26H,7-8H2,(H,20,22)/t12-,15-,16?,18-/m1/s1. The zero-order valence-electron chi connectivity index (χ0n) is 14.2. The van der Waals surface area contributed by atoms with Crippen LogP contribution in [0, 0.1) is 0 Å². The average molecular weight is 391 g/mol. The van der Waals surface area contributed by atoms with E-state index >= 15 is 0 Å². The highest BCUT2D eigenvalue weighted by atomic mass is 35.5. The summed E-state index contributed by atoms with van der Waals surface area (Å²) in [7, 11) is 0. The number of hydrogen-bond acceptors (Lipinski definition) is 7. The molecule has 27 heavy (non-hydrogen) atoms. The molecule has 1 unspecified atom stereocenters. The highest BCUT2D eigenvalue weighted by molar-refractivity contribution is 6.30. The third kappa shape index (κ3) is 3.38. The maximum atomic E-state index is 10.3. The molecular formula is C18H19ClN4O4. The Kier molecular flexibility index (Phi) is 4.98. The van der Waals surface area contributed by atoms with Crippen LogP contribution in [0.5, 0.6) is 0 Å². The predicted octanol–water partition coefficient (Wildman–Crippen LogP) is 1.31. The SMILES string of the molecule is OC[C@H]1O[C@@H](n2cnc3c(NCc4ccccc4)cc(Cl)nc32)C(O)[C@@H]1O. The van der Waals surface area contributed by atoms with Crippen LogP contribution >= 0.6 is 11.6 Å². The van der Waals surface area contributed by atoms with Gasteiger partial charge in [0.1, 0.15) is 29.0 Å². The number of aliphatic hydroxyl groups excluding tert-OH is 3. The molecule has 8 nitrogen and oxygen atoms in total. The summed E-state index contributed by atoms with van der Waals surface area (Å²) in [6, 6.07) is 11.6. The molecule has 4 atom stereocenters. The number of ether oxygens (including phenoxy) is 1. The van der Waals surface area contributed by atoms with Crippen LogP contribution in [0.25, 0.3) is 11.2 Å². The monoisotopic (exact) mass is 390 g/mol. The summed E-state index contributed by atoms with van der Waals surface area (Å²) < 4.78 is 7.08. The van der Waals surface area contributed by atoms with Gasteiger partial charge in [0, 0.05) is 12.6 Å². The number of benzene rings is 1. The van der Waals surface area contributed by atoms with Crippen LogP contribution in [-0.2, 0) is 11.3 Å². The number of imidazole rings is 1. The van der Waals surface area contributed by atoms with E-state index in [1.165, 1.54) is 10.9 Å². The number of halogens is 1. The van der Waals surface area contributed by atoms with Crippen molar-refractivity contribution in [2.24, 2.45) is 0 Å². The van der Waals surface area contributed by atoms with Crippen LogP contribution in [0.15, 0.2) is 42.7 Å². The van der Waals surface area contributed by atoms with Crippen LogP contribution in [0.4, 0.5) is 5.69 Å². The fourth-order valence-electron chi connectivity index (χ4n) is 3.20. The van der Waals surface area contributed by atoms with E-state index in [1.807, 2.05) is 30.3 Å². The number of fused-ring (bicyclic) bond motifs is 1. The molecule has 0 bridgehead atoms. The molecule has 4 rings (SSSR count). The molecule has 0 aliphatic carbocycles. The van der Waals surface area contributed by atoms with E-state index in [2.05, 4.69) is 15.3 Å². The third-order valence-corrected chi connectivity index (χ3v) is 4.81. The summed E-state index contributed by atoms with van der Waals surface area (Å²) in [5.41, 5.74) is 2.77. The normalized spacial score (nSPS) is 25.2. The molecule has 0 amide bonds. The van der Waals surface area contributed by atoms with E-state index in [0.717, 1.165) is 5.56 Å². The number of nitrogens with zero attached hydrogens (tertiary/aromatic N) is 3. The summed E-state index contributed by atoms with van der Waals surface area (Å²) in [5.74, 6) is 0. The summed E-state index contributed by atoms with van der Waals surface area (Å²) in [6.45, 7) is 0.177. The molecule has 0 spiro atoms. The maximum absolute atomic E-state index is 10.3. The van der Waals surface area contributed by atoms with Crippen molar-refractivity contribution in [1.29, 1.82) is 0 Å².